The first kappa shape index (κ1) is 16.6. The predicted octanol–water partition coefficient (Wildman–Crippen LogP) is 3.88. The number of fused-ring (bicyclic) bond motifs is 1. The van der Waals surface area contributed by atoms with Crippen LogP contribution in [-0.4, -0.2) is 27.8 Å². The van der Waals surface area contributed by atoms with E-state index in [0.29, 0.717) is 16.7 Å². The molecule has 25 heavy (non-hydrogen) atoms. The molecule has 128 valence electrons. The first-order valence-corrected chi connectivity index (χ1v) is 7.75. The van der Waals surface area contributed by atoms with Crippen LogP contribution in [0.5, 0.6) is 0 Å². The molecule has 0 radical (unpaired) electrons. The number of furan rings is 1. The molecule has 0 spiro atoms. The number of hydrogen-bond acceptors (Lipinski definition) is 5. The molecule has 1 amide bonds. The number of nitro groups is 1. The van der Waals surface area contributed by atoms with Gasteiger partial charge in [-0.25, -0.2) is 4.98 Å². The molecule has 3 aromatic rings. The fourth-order valence-corrected chi connectivity index (χ4v) is 2.60. The third kappa shape index (κ3) is 3.21. The molecular formula is C18H17N3O4. The number of rotatable bonds is 4. The lowest BCUT2D eigenvalue weighted by atomic mass is 10.1. The van der Waals surface area contributed by atoms with Gasteiger partial charge in [-0.05, 0) is 31.5 Å². The van der Waals surface area contributed by atoms with Crippen LogP contribution in [0.25, 0.3) is 11.1 Å². The van der Waals surface area contributed by atoms with Gasteiger partial charge in [0.15, 0.2) is 11.3 Å². The topological polar surface area (TPSA) is 89.5 Å². The highest BCUT2D eigenvalue weighted by molar-refractivity contribution is 5.95. The minimum atomic E-state index is -0.453. The molecule has 0 saturated heterocycles. The molecular weight excluding hydrogens is 322 g/mol. The molecule has 2 aromatic heterocycles. The van der Waals surface area contributed by atoms with Crippen molar-refractivity contribution in [3.8, 4) is 0 Å². The number of carbonyl (C=O) groups is 1. The Morgan fingerprint density at radius 1 is 1.28 bits per heavy atom. The van der Waals surface area contributed by atoms with Crippen molar-refractivity contribution in [3.63, 3.8) is 0 Å². The number of non-ortho nitro benzene ring substituents is 1. The number of pyridine rings is 1. The van der Waals surface area contributed by atoms with Crippen LogP contribution >= 0.6 is 0 Å². The maximum atomic E-state index is 12.7. The Labute approximate surface area is 144 Å². The van der Waals surface area contributed by atoms with E-state index in [9.17, 15) is 14.9 Å². The molecule has 0 aliphatic heterocycles. The predicted molar refractivity (Wildman–Crippen MR) is 92.4 cm³/mol. The van der Waals surface area contributed by atoms with Crippen molar-refractivity contribution in [1.29, 1.82) is 0 Å². The van der Waals surface area contributed by atoms with Crippen LogP contribution in [0.4, 0.5) is 5.69 Å². The largest absolute Gasteiger partial charge is 0.449 e. The second kappa shape index (κ2) is 6.35. The Balaban J connectivity index is 1.87. The molecule has 7 nitrogen and oxygen atoms in total. The summed E-state index contributed by atoms with van der Waals surface area (Å²) in [4.78, 5) is 29.0. The fourth-order valence-electron chi connectivity index (χ4n) is 2.60. The number of aryl methyl sites for hydroxylation is 1. The second-order valence-electron chi connectivity index (χ2n) is 5.89. The van der Waals surface area contributed by atoms with Crippen LogP contribution in [0.3, 0.4) is 0 Å². The number of nitro benzene ring substituents is 1. The summed E-state index contributed by atoms with van der Waals surface area (Å²) in [6.45, 7) is 3.67. The van der Waals surface area contributed by atoms with E-state index in [4.69, 9.17) is 4.42 Å². The summed E-state index contributed by atoms with van der Waals surface area (Å²) in [5.41, 5.74) is 2.68. The normalized spacial score (nSPS) is 12.1. The number of hydrogen-bond donors (Lipinski definition) is 0. The van der Waals surface area contributed by atoms with E-state index >= 15 is 0 Å². The fraction of sp³-hybridized carbons (Fsp3) is 0.222. The first-order chi connectivity index (χ1) is 11.9. The summed E-state index contributed by atoms with van der Waals surface area (Å²) in [6.07, 6.45) is 0. The molecule has 7 heteroatoms. The van der Waals surface area contributed by atoms with Gasteiger partial charge in [-0.3, -0.25) is 14.9 Å². The zero-order valence-electron chi connectivity index (χ0n) is 14.1. The van der Waals surface area contributed by atoms with E-state index < -0.39 is 4.92 Å². The Morgan fingerprint density at radius 2 is 2.04 bits per heavy atom. The van der Waals surface area contributed by atoms with Gasteiger partial charge < -0.3 is 9.32 Å². The van der Waals surface area contributed by atoms with Crippen LogP contribution in [0, 0.1) is 17.0 Å². The number of carbonyl (C=O) groups excluding carboxylic acids is 1. The molecule has 3 rings (SSSR count). The molecule has 0 N–H and O–H groups in total. The third-order valence-electron chi connectivity index (χ3n) is 4.19. The number of amides is 1. The first-order valence-electron chi connectivity index (χ1n) is 7.75. The van der Waals surface area contributed by atoms with Crippen molar-refractivity contribution >= 4 is 22.7 Å². The number of aromatic nitrogens is 1. The molecule has 0 saturated carbocycles. The highest BCUT2D eigenvalue weighted by Crippen LogP contribution is 2.26. The van der Waals surface area contributed by atoms with E-state index in [1.165, 1.54) is 17.0 Å². The smallest absolute Gasteiger partial charge is 0.289 e. The van der Waals surface area contributed by atoms with Crippen LogP contribution in [0.1, 0.15) is 34.8 Å². The van der Waals surface area contributed by atoms with Gasteiger partial charge in [0.2, 0.25) is 0 Å². The lowest BCUT2D eigenvalue weighted by Crippen LogP contribution is -2.29. The molecule has 0 aliphatic rings. The molecule has 0 fully saturated rings. The van der Waals surface area contributed by atoms with Crippen LogP contribution in [0.2, 0.25) is 0 Å². The molecule has 1 atom stereocenters. The average Bonchev–Trinajstić information content (AvgIpc) is 3.02. The maximum Gasteiger partial charge on any atom is 0.289 e. The lowest BCUT2D eigenvalue weighted by Gasteiger charge is -2.24. The lowest BCUT2D eigenvalue weighted by molar-refractivity contribution is -0.384. The van der Waals surface area contributed by atoms with E-state index in [0.717, 1.165) is 5.69 Å². The zero-order chi connectivity index (χ0) is 18.1. The third-order valence-corrected chi connectivity index (χ3v) is 4.19. The summed E-state index contributed by atoms with van der Waals surface area (Å²) in [6, 6.07) is 11.1. The van der Waals surface area contributed by atoms with Gasteiger partial charge in [0, 0.05) is 30.9 Å². The molecule has 0 aliphatic carbocycles. The van der Waals surface area contributed by atoms with Crippen LogP contribution in [-0.2, 0) is 0 Å². The molecule has 2 heterocycles. The van der Waals surface area contributed by atoms with Crippen LogP contribution < -0.4 is 0 Å². The van der Waals surface area contributed by atoms with Gasteiger partial charge in [0.1, 0.15) is 5.52 Å². The van der Waals surface area contributed by atoms with E-state index in [1.807, 2.05) is 19.9 Å². The van der Waals surface area contributed by atoms with Crippen molar-refractivity contribution in [2.75, 3.05) is 7.05 Å². The van der Waals surface area contributed by atoms with Gasteiger partial charge in [0.05, 0.1) is 11.0 Å². The highest BCUT2D eigenvalue weighted by Gasteiger charge is 2.23. The summed E-state index contributed by atoms with van der Waals surface area (Å²) in [5.74, 6) is -0.123. The Bertz CT molecular complexity index is 964. The SMILES string of the molecule is Cc1ccc2oc(C(=O)N(C)[C@H](C)c3cccc([N+](=O)[O-])c3)cc2n1. The van der Waals surface area contributed by atoms with Gasteiger partial charge in [-0.15, -0.1) is 0 Å². The van der Waals surface area contributed by atoms with Gasteiger partial charge >= 0.3 is 0 Å². The van der Waals surface area contributed by atoms with Crippen molar-refractivity contribution in [2.45, 2.75) is 19.9 Å². The second-order valence-corrected chi connectivity index (χ2v) is 5.89. The number of benzene rings is 1. The van der Waals surface area contributed by atoms with Crippen LogP contribution in [0.15, 0.2) is 46.9 Å². The van der Waals surface area contributed by atoms with E-state index in [1.54, 1.807) is 31.3 Å². The monoisotopic (exact) mass is 339 g/mol. The maximum absolute atomic E-state index is 12.7. The van der Waals surface area contributed by atoms with Gasteiger partial charge in [0.25, 0.3) is 11.6 Å². The minimum Gasteiger partial charge on any atom is -0.449 e. The summed E-state index contributed by atoms with van der Waals surface area (Å²) in [7, 11) is 1.64. The highest BCUT2D eigenvalue weighted by atomic mass is 16.6. The summed E-state index contributed by atoms with van der Waals surface area (Å²) >= 11 is 0. The van der Waals surface area contributed by atoms with E-state index in [-0.39, 0.29) is 23.4 Å². The van der Waals surface area contributed by atoms with Crippen molar-refractivity contribution in [3.05, 3.63) is 69.6 Å². The summed E-state index contributed by atoms with van der Waals surface area (Å²) in [5, 5.41) is 10.9. The quantitative estimate of drug-likeness (QED) is 0.531. The molecule has 0 unspecified atom stereocenters. The Kier molecular flexibility index (Phi) is 4.22. The van der Waals surface area contributed by atoms with Gasteiger partial charge in [-0.2, -0.15) is 0 Å². The zero-order valence-corrected chi connectivity index (χ0v) is 14.1. The summed E-state index contributed by atoms with van der Waals surface area (Å²) < 4.78 is 5.59. The van der Waals surface area contributed by atoms with Crippen molar-refractivity contribution < 1.29 is 14.1 Å². The van der Waals surface area contributed by atoms with Crippen molar-refractivity contribution in [2.24, 2.45) is 0 Å². The van der Waals surface area contributed by atoms with Gasteiger partial charge in [-0.1, -0.05) is 12.1 Å². The molecule has 1 aromatic carbocycles. The van der Waals surface area contributed by atoms with E-state index in [2.05, 4.69) is 4.98 Å². The average molecular weight is 339 g/mol. The van der Waals surface area contributed by atoms with Crippen molar-refractivity contribution in [1.82, 2.24) is 9.88 Å². The Morgan fingerprint density at radius 3 is 2.76 bits per heavy atom. The standard InChI is InChI=1S/C18H17N3O4/c1-11-7-8-16-15(19-11)10-17(25-16)18(22)20(3)12(2)13-5-4-6-14(9-13)21(23)24/h4-10,12H,1-3H3/t12-/m1/s1. The number of nitrogens with zero attached hydrogens (tertiary/aromatic N) is 3. The minimum absolute atomic E-state index is 0.00592. The molecule has 0 bridgehead atoms. The Hall–Kier alpha value is -3.22.